The maximum atomic E-state index is 12.6. The van der Waals surface area contributed by atoms with Crippen LogP contribution in [-0.2, 0) is 6.54 Å². The van der Waals surface area contributed by atoms with Gasteiger partial charge < -0.3 is 0 Å². The van der Waals surface area contributed by atoms with Gasteiger partial charge in [-0.1, -0.05) is 48.2 Å². The zero-order valence-corrected chi connectivity index (χ0v) is 14.8. The molecule has 0 aliphatic carbocycles. The Morgan fingerprint density at radius 3 is 2.71 bits per heavy atom. The van der Waals surface area contributed by atoms with Crippen molar-refractivity contribution < 1.29 is 4.79 Å². The molecule has 1 aromatic carbocycles. The van der Waals surface area contributed by atoms with Crippen LogP contribution in [0.25, 0.3) is 10.8 Å². The molecule has 24 heavy (non-hydrogen) atoms. The minimum absolute atomic E-state index is 0.201. The Kier molecular flexibility index (Phi) is 4.91. The Bertz CT molecular complexity index is 950. The van der Waals surface area contributed by atoms with Crippen LogP contribution in [0.15, 0.2) is 33.4 Å². The Morgan fingerprint density at radius 2 is 2.00 bits per heavy atom. The van der Waals surface area contributed by atoms with E-state index in [4.69, 9.17) is 0 Å². The van der Waals surface area contributed by atoms with Gasteiger partial charge in [0.1, 0.15) is 0 Å². The van der Waals surface area contributed by atoms with Crippen LogP contribution in [0.1, 0.15) is 24.3 Å². The highest BCUT2D eigenvalue weighted by atomic mass is 32.2. The van der Waals surface area contributed by atoms with E-state index in [1.54, 1.807) is 36.0 Å². The molecule has 0 radical (unpaired) electrons. The molecule has 0 unspecified atom stereocenters. The van der Waals surface area contributed by atoms with Crippen LogP contribution >= 0.6 is 23.1 Å². The lowest BCUT2D eigenvalue weighted by Gasteiger charge is -2.08. The Labute approximate surface area is 146 Å². The summed E-state index contributed by atoms with van der Waals surface area (Å²) in [6.07, 6.45) is 0. The van der Waals surface area contributed by atoms with Crippen LogP contribution in [0.2, 0.25) is 0 Å². The van der Waals surface area contributed by atoms with E-state index < -0.39 is 5.91 Å². The molecule has 0 atom stereocenters. The fourth-order valence-electron chi connectivity index (χ4n) is 2.22. The number of thioether (sulfide) groups is 1. The van der Waals surface area contributed by atoms with E-state index in [-0.39, 0.29) is 11.3 Å². The highest BCUT2D eigenvalue weighted by Gasteiger charge is 2.17. The number of nitrogens with one attached hydrogen (secondary N) is 1. The number of hydrogen-bond donors (Lipinski definition) is 1. The standard InChI is InChI=1S/C15H15N5O2S2/c1-3-20-13(22)10-8-6-5-7-9(10)11(19-20)12(21)16-14-17-18-15(24-14)23-4-2/h5-8H,3-4H2,1-2H3,(H,16,17,21). The Morgan fingerprint density at radius 1 is 1.25 bits per heavy atom. The largest absolute Gasteiger partial charge is 0.295 e. The number of hydrogen-bond acceptors (Lipinski definition) is 7. The number of carbonyl (C=O) groups excluding carboxylic acids is 1. The summed E-state index contributed by atoms with van der Waals surface area (Å²) in [5, 5.41) is 16.3. The smallest absolute Gasteiger partial charge is 0.278 e. The van der Waals surface area contributed by atoms with Gasteiger partial charge in [0.05, 0.1) is 5.39 Å². The van der Waals surface area contributed by atoms with E-state index in [0.717, 1.165) is 10.1 Å². The number of carbonyl (C=O) groups is 1. The molecule has 1 N–H and O–H groups in total. The lowest BCUT2D eigenvalue weighted by molar-refractivity contribution is 0.102. The van der Waals surface area contributed by atoms with Gasteiger partial charge in [-0.2, -0.15) is 5.10 Å². The van der Waals surface area contributed by atoms with Gasteiger partial charge in [-0.05, 0) is 18.7 Å². The number of aromatic nitrogens is 4. The van der Waals surface area contributed by atoms with Crippen LogP contribution in [0, 0.1) is 0 Å². The molecule has 124 valence electrons. The second-order valence-electron chi connectivity index (χ2n) is 4.78. The van der Waals surface area contributed by atoms with Gasteiger partial charge in [0.2, 0.25) is 5.13 Å². The predicted octanol–water partition coefficient (Wildman–Crippen LogP) is 2.63. The molecule has 0 aliphatic rings. The van der Waals surface area contributed by atoms with Gasteiger partial charge in [-0.3, -0.25) is 14.9 Å². The highest BCUT2D eigenvalue weighted by molar-refractivity contribution is 8.01. The van der Waals surface area contributed by atoms with Crippen LogP contribution in [0.5, 0.6) is 0 Å². The molecule has 0 aliphatic heterocycles. The highest BCUT2D eigenvalue weighted by Crippen LogP contribution is 2.25. The molecule has 0 saturated carbocycles. The van der Waals surface area contributed by atoms with Crippen molar-refractivity contribution in [2.45, 2.75) is 24.7 Å². The number of amides is 1. The van der Waals surface area contributed by atoms with Crippen molar-refractivity contribution in [1.82, 2.24) is 20.0 Å². The molecule has 0 fully saturated rings. The molecule has 3 rings (SSSR count). The number of benzene rings is 1. The molecule has 0 bridgehead atoms. The third-order valence-corrected chi connectivity index (χ3v) is 5.13. The minimum atomic E-state index is -0.405. The number of aryl methyl sites for hydroxylation is 1. The molecule has 3 aromatic rings. The lowest BCUT2D eigenvalue weighted by atomic mass is 10.1. The summed E-state index contributed by atoms with van der Waals surface area (Å²) in [7, 11) is 0. The van der Waals surface area contributed by atoms with Crippen molar-refractivity contribution in [2.75, 3.05) is 11.1 Å². The summed E-state index contributed by atoms with van der Waals surface area (Å²) in [5.41, 5.74) is -0.00542. The average molecular weight is 361 g/mol. The number of anilines is 1. The van der Waals surface area contributed by atoms with Crippen molar-refractivity contribution in [3.8, 4) is 0 Å². The van der Waals surface area contributed by atoms with Crippen LogP contribution in [0.4, 0.5) is 5.13 Å². The van der Waals surface area contributed by atoms with E-state index in [1.165, 1.54) is 16.0 Å². The quantitative estimate of drug-likeness (QED) is 0.555. The molecule has 1 amide bonds. The number of rotatable bonds is 5. The van der Waals surface area contributed by atoms with Gasteiger partial charge in [0.25, 0.3) is 11.5 Å². The molecule has 0 spiro atoms. The first-order valence-corrected chi connectivity index (χ1v) is 9.21. The van der Waals surface area contributed by atoms with Crippen LogP contribution in [0.3, 0.4) is 0 Å². The lowest BCUT2D eigenvalue weighted by Crippen LogP contribution is -2.27. The molecule has 0 saturated heterocycles. The summed E-state index contributed by atoms with van der Waals surface area (Å²) in [5.74, 6) is 0.480. The first kappa shape index (κ1) is 16.6. The van der Waals surface area contributed by atoms with Gasteiger partial charge in [-0.15, -0.1) is 10.2 Å². The van der Waals surface area contributed by atoms with Crippen LogP contribution in [-0.4, -0.2) is 31.6 Å². The second-order valence-corrected chi connectivity index (χ2v) is 7.26. The number of nitrogens with zero attached hydrogens (tertiary/aromatic N) is 4. The Hall–Kier alpha value is -2.26. The van der Waals surface area contributed by atoms with Gasteiger partial charge in [0, 0.05) is 11.9 Å². The summed E-state index contributed by atoms with van der Waals surface area (Å²) in [4.78, 5) is 24.9. The zero-order valence-electron chi connectivity index (χ0n) is 13.1. The maximum Gasteiger partial charge on any atom is 0.278 e. The minimum Gasteiger partial charge on any atom is -0.295 e. The van der Waals surface area contributed by atoms with Crippen LogP contribution < -0.4 is 10.9 Å². The van der Waals surface area contributed by atoms with Crippen molar-refractivity contribution in [2.24, 2.45) is 0 Å². The monoisotopic (exact) mass is 361 g/mol. The van der Waals surface area contributed by atoms with Crippen molar-refractivity contribution >= 4 is 44.9 Å². The molecular formula is C15H15N5O2S2. The summed E-state index contributed by atoms with van der Waals surface area (Å²) < 4.78 is 2.08. The molecule has 2 heterocycles. The summed E-state index contributed by atoms with van der Waals surface area (Å²) >= 11 is 2.87. The molecular weight excluding hydrogens is 346 g/mol. The fraction of sp³-hybridized carbons (Fsp3) is 0.267. The topological polar surface area (TPSA) is 89.8 Å². The first-order chi connectivity index (χ1) is 11.6. The maximum absolute atomic E-state index is 12.6. The first-order valence-electron chi connectivity index (χ1n) is 7.41. The van der Waals surface area contributed by atoms with E-state index in [0.29, 0.717) is 22.4 Å². The fourth-order valence-corrected chi connectivity index (χ4v) is 3.86. The SMILES string of the molecule is CCSc1nnc(NC(=O)c2nn(CC)c(=O)c3ccccc23)s1. The molecule has 9 heteroatoms. The molecule has 7 nitrogen and oxygen atoms in total. The van der Waals surface area contributed by atoms with E-state index in [1.807, 2.05) is 13.8 Å². The zero-order chi connectivity index (χ0) is 17.1. The normalized spacial score (nSPS) is 10.9. The van der Waals surface area contributed by atoms with Gasteiger partial charge >= 0.3 is 0 Å². The molecule has 2 aromatic heterocycles. The third kappa shape index (κ3) is 3.17. The van der Waals surface area contributed by atoms with Crippen molar-refractivity contribution in [3.05, 3.63) is 40.3 Å². The number of fused-ring (bicyclic) bond motifs is 1. The van der Waals surface area contributed by atoms with Gasteiger partial charge in [-0.25, -0.2) is 4.68 Å². The van der Waals surface area contributed by atoms with Gasteiger partial charge in [0.15, 0.2) is 10.0 Å². The van der Waals surface area contributed by atoms with E-state index >= 15 is 0 Å². The summed E-state index contributed by atoms with van der Waals surface area (Å²) in [6, 6.07) is 6.96. The van der Waals surface area contributed by atoms with Crippen molar-refractivity contribution in [3.63, 3.8) is 0 Å². The third-order valence-electron chi connectivity index (χ3n) is 3.28. The van der Waals surface area contributed by atoms with Crippen molar-refractivity contribution in [1.29, 1.82) is 0 Å². The van der Waals surface area contributed by atoms with E-state index in [9.17, 15) is 9.59 Å². The average Bonchev–Trinajstić information content (AvgIpc) is 3.03. The second kappa shape index (κ2) is 7.10. The summed E-state index contributed by atoms with van der Waals surface area (Å²) in [6.45, 7) is 4.22. The Balaban J connectivity index is 1.99. The predicted molar refractivity (Wildman–Crippen MR) is 95.9 cm³/mol. The van der Waals surface area contributed by atoms with E-state index in [2.05, 4.69) is 20.6 Å².